The van der Waals surface area contributed by atoms with Crippen molar-refractivity contribution in [2.45, 2.75) is 38.0 Å². The van der Waals surface area contributed by atoms with E-state index in [1.54, 1.807) is 6.20 Å². The fourth-order valence-corrected chi connectivity index (χ4v) is 3.11. The third-order valence-electron chi connectivity index (χ3n) is 3.66. The number of aromatic hydroxyl groups is 1. The second kappa shape index (κ2) is 4.42. The molecule has 2 aromatic rings. The molecule has 2 heterocycles. The lowest BCUT2D eigenvalue weighted by atomic mass is 9.85. The molecule has 0 amide bonds. The number of fused-ring (bicyclic) bond motifs is 1. The van der Waals surface area contributed by atoms with Gasteiger partial charge >= 0.3 is 0 Å². The first-order valence-electron chi connectivity index (χ1n) is 6.17. The predicted molar refractivity (Wildman–Crippen MR) is 71.0 cm³/mol. The molecule has 18 heavy (non-hydrogen) atoms. The van der Waals surface area contributed by atoms with E-state index in [0.29, 0.717) is 15.7 Å². The number of H-pyrrole nitrogens is 1. The van der Waals surface area contributed by atoms with Gasteiger partial charge in [-0.3, -0.25) is 4.79 Å². The Morgan fingerprint density at radius 3 is 2.83 bits per heavy atom. The molecule has 0 aliphatic heterocycles. The highest BCUT2D eigenvalue weighted by atomic mass is 79.9. The van der Waals surface area contributed by atoms with Crippen molar-refractivity contribution in [3.63, 3.8) is 0 Å². The molecule has 1 aliphatic carbocycles. The van der Waals surface area contributed by atoms with Crippen LogP contribution in [0, 0.1) is 0 Å². The summed E-state index contributed by atoms with van der Waals surface area (Å²) in [5.74, 6) is 0.126. The van der Waals surface area contributed by atoms with Crippen LogP contribution in [0.5, 0.6) is 5.88 Å². The number of aromatic nitrogens is 3. The summed E-state index contributed by atoms with van der Waals surface area (Å²) in [5.41, 5.74) is 0.781. The lowest BCUT2D eigenvalue weighted by molar-refractivity contribution is 0.390. The molecule has 6 heteroatoms. The Bertz CT molecular complexity index is 641. The molecule has 96 valence electrons. The SMILES string of the molecule is O=c1[nH]c2c(Br)cnn2c(O)c1C1CCCCC1. The molecule has 0 bridgehead atoms. The lowest BCUT2D eigenvalue weighted by Gasteiger charge is -2.21. The van der Waals surface area contributed by atoms with Crippen LogP contribution >= 0.6 is 15.9 Å². The minimum Gasteiger partial charge on any atom is -0.493 e. The van der Waals surface area contributed by atoms with Gasteiger partial charge in [0.25, 0.3) is 5.56 Å². The Morgan fingerprint density at radius 2 is 2.11 bits per heavy atom. The van der Waals surface area contributed by atoms with Crippen molar-refractivity contribution < 1.29 is 5.11 Å². The number of nitrogens with zero attached hydrogens (tertiary/aromatic N) is 2. The quantitative estimate of drug-likeness (QED) is 0.850. The first-order valence-corrected chi connectivity index (χ1v) is 6.96. The monoisotopic (exact) mass is 311 g/mol. The zero-order chi connectivity index (χ0) is 12.7. The maximum absolute atomic E-state index is 12.1. The second-order valence-corrected chi connectivity index (χ2v) is 5.63. The molecule has 0 radical (unpaired) electrons. The minimum atomic E-state index is -0.201. The van der Waals surface area contributed by atoms with Crippen molar-refractivity contribution in [2.24, 2.45) is 0 Å². The van der Waals surface area contributed by atoms with Crippen LogP contribution in [-0.2, 0) is 0 Å². The van der Waals surface area contributed by atoms with E-state index in [1.807, 2.05) is 0 Å². The number of rotatable bonds is 1. The molecule has 3 rings (SSSR count). The van der Waals surface area contributed by atoms with Crippen molar-refractivity contribution in [1.29, 1.82) is 0 Å². The molecule has 0 atom stereocenters. The molecule has 1 aliphatic rings. The molecule has 5 nitrogen and oxygen atoms in total. The summed E-state index contributed by atoms with van der Waals surface area (Å²) in [6.07, 6.45) is 6.93. The van der Waals surface area contributed by atoms with Crippen molar-refractivity contribution in [2.75, 3.05) is 0 Å². The van der Waals surface area contributed by atoms with Gasteiger partial charge in [-0.15, -0.1) is 0 Å². The van der Waals surface area contributed by atoms with Crippen molar-refractivity contribution in [1.82, 2.24) is 14.6 Å². The first kappa shape index (κ1) is 11.8. The third kappa shape index (κ3) is 1.75. The van der Waals surface area contributed by atoms with Gasteiger partial charge in [-0.2, -0.15) is 9.61 Å². The largest absolute Gasteiger partial charge is 0.493 e. The summed E-state index contributed by atoms with van der Waals surface area (Å²) in [6, 6.07) is 0. The van der Waals surface area contributed by atoms with Gasteiger partial charge in [0, 0.05) is 0 Å². The highest BCUT2D eigenvalue weighted by Gasteiger charge is 2.24. The second-order valence-electron chi connectivity index (χ2n) is 4.78. The van der Waals surface area contributed by atoms with Crippen LogP contribution in [-0.4, -0.2) is 19.7 Å². The topological polar surface area (TPSA) is 70.4 Å². The van der Waals surface area contributed by atoms with Crippen LogP contribution in [0.1, 0.15) is 43.6 Å². The van der Waals surface area contributed by atoms with E-state index in [2.05, 4.69) is 26.0 Å². The van der Waals surface area contributed by atoms with Crippen LogP contribution in [0.4, 0.5) is 0 Å². The van der Waals surface area contributed by atoms with Gasteiger partial charge in [-0.1, -0.05) is 19.3 Å². The van der Waals surface area contributed by atoms with Crippen LogP contribution in [0.15, 0.2) is 15.5 Å². The molecule has 2 N–H and O–H groups in total. The Hall–Kier alpha value is -1.30. The van der Waals surface area contributed by atoms with Gasteiger partial charge < -0.3 is 10.1 Å². The highest BCUT2D eigenvalue weighted by Crippen LogP contribution is 2.35. The number of nitrogens with one attached hydrogen (secondary N) is 1. The van der Waals surface area contributed by atoms with Crippen molar-refractivity contribution in [3.8, 4) is 5.88 Å². The minimum absolute atomic E-state index is 0.0219. The predicted octanol–water partition coefficient (Wildman–Crippen LogP) is 2.54. The standard InChI is InChI=1S/C12H14BrN3O2/c13-8-6-14-16-10(8)15-11(17)9(12(16)18)7-4-2-1-3-5-7/h6-7,18H,1-5H2,(H,15,17). The van der Waals surface area contributed by atoms with Crippen molar-refractivity contribution >= 4 is 21.6 Å². The van der Waals surface area contributed by atoms with Gasteiger partial charge in [0.1, 0.15) is 0 Å². The Morgan fingerprint density at radius 1 is 1.39 bits per heavy atom. The number of halogens is 1. The van der Waals surface area contributed by atoms with Gasteiger partial charge in [-0.25, -0.2) is 0 Å². The van der Waals surface area contributed by atoms with E-state index in [4.69, 9.17) is 0 Å². The Balaban J connectivity index is 2.19. The smallest absolute Gasteiger partial charge is 0.258 e. The van der Waals surface area contributed by atoms with Crippen LogP contribution < -0.4 is 5.56 Å². The molecule has 1 fully saturated rings. The zero-order valence-electron chi connectivity index (χ0n) is 9.82. The van der Waals surface area contributed by atoms with Crippen molar-refractivity contribution in [3.05, 3.63) is 26.6 Å². The number of hydrogen-bond acceptors (Lipinski definition) is 3. The van der Waals surface area contributed by atoms with Gasteiger partial charge in [0.15, 0.2) is 5.65 Å². The average Bonchev–Trinajstić information content (AvgIpc) is 2.73. The van der Waals surface area contributed by atoms with E-state index < -0.39 is 0 Å². The summed E-state index contributed by atoms with van der Waals surface area (Å²) >= 11 is 3.29. The first-order chi connectivity index (χ1) is 8.68. The summed E-state index contributed by atoms with van der Waals surface area (Å²) in [4.78, 5) is 14.9. The average molecular weight is 312 g/mol. The summed E-state index contributed by atoms with van der Waals surface area (Å²) in [7, 11) is 0. The Kier molecular flexibility index (Phi) is 2.89. The Labute approximate surface area is 112 Å². The molecular formula is C12H14BrN3O2. The lowest BCUT2D eigenvalue weighted by Crippen LogP contribution is -2.20. The number of hydrogen-bond donors (Lipinski definition) is 2. The highest BCUT2D eigenvalue weighted by molar-refractivity contribution is 9.10. The summed E-state index contributed by atoms with van der Waals surface area (Å²) in [6.45, 7) is 0. The van der Waals surface area contributed by atoms with E-state index in [0.717, 1.165) is 25.7 Å². The fourth-order valence-electron chi connectivity index (χ4n) is 2.75. The fraction of sp³-hybridized carbons (Fsp3) is 0.500. The van der Waals surface area contributed by atoms with E-state index in [-0.39, 0.29) is 17.4 Å². The molecule has 0 unspecified atom stereocenters. The van der Waals surface area contributed by atoms with Crippen LogP contribution in [0.3, 0.4) is 0 Å². The molecule has 0 aromatic carbocycles. The maximum atomic E-state index is 12.1. The molecule has 2 aromatic heterocycles. The van der Waals surface area contributed by atoms with Crippen LogP contribution in [0.25, 0.3) is 5.65 Å². The van der Waals surface area contributed by atoms with E-state index in [1.165, 1.54) is 10.9 Å². The molecular weight excluding hydrogens is 298 g/mol. The maximum Gasteiger partial charge on any atom is 0.258 e. The van der Waals surface area contributed by atoms with Gasteiger partial charge in [-0.05, 0) is 34.7 Å². The van der Waals surface area contributed by atoms with Gasteiger partial charge in [0.2, 0.25) is 5.88 Å². The van der Waals surface area contributed by atoms with E-state index >= 15 is 0 Å². The molecule has 0 saturated heterocycles. The van der Waals surface area contributed by atoms with E-state index in [9.17, 15) is 9.90 Å². The molecule has 1 saturated carbocycles. The number of aromatic amines is 1. The third-order valence-corrected chi connectivity index (χ3v) is 4.24. The van der Waals surface area contributed by atoms with Gasteiger partial charge in [0.05, 0.1) is 16.2 Å². The molecule has 0 spiro atoms. The summed E-state index contributed by atoms with van der Waals surface area (Å²) in [5, 5.41) is 14.3. The van der Waals surface area contributed by atoms with Crippen LogP contribution in [0.2, 0.25) is 0 Å². The summed E-state index contributed by atoms with van der Waals surface area (Å²) < 4.78 is 2.06. The normalized spacial score (nSPS) is 17.4. The zero-order valence-corrected chi connectivity index (χ0v) is 11.4.